The smallest absolute Gasteiger partial charge is 0.319 e. The van der Waals surface area contributed by atoms with Gasteiger partial charge in [-0.3, -0.25) is 0 Å². The van der Waals surface area contributed by atoms with Gasteiger partial charge in [-0.15, -0.1) is 0 Å². The molecule has 0 atom stereocenters. The van der Waals surface area contributed by atoms with Crippen LogP contribution in [0.25, 0.3) is 0 Å². The third kappa shape index (κ3) is 4.45. The van der Waals surface area contributed by atoms with Gasteiger partial charge in [-0.05, 0) is 44.0 Å². The van der Waals surface area contributed by atoms with Crippen molar-refractivity contribution >= 4 is 11.7 Å². The van der Waals surface area contributed by atoms with E-state index in [1.807, 2.05) is 19.1 Å². The second kappa shape index (κ2) is 7.13. The Labute approximate surface area is 134 Å². The van der Waals surface area contributed by atoms with Crippen LogP contribution in [0.1, 0.15) is 37.4 Å². The second-order valence-corrected chi connectivity index (χ2v) is 5.41. The molecule has 7 heteroatoms. The molecule has 0 spiro atoms. The molecule has 7 nitrogen and oxygen atoms in total. The maximum absolute atomic E-state index is 11.8. The summed E-state index contributed by atoms with van der Waals surface area (Å²) >= 11 is 0. The van der Waals surface area contributed by atoms with Crippen LogP contribution in [0.2, 0.25) is 0 Å². The van der Waals surface area contributed by atoms with E-state index in [4.69, 9.17) is 9.26 Å². The van der Waals surface area contributed by atoms with E-state index < -0.39 is 0 Å². The van der Waals surface area contributed by atoms with E-state index in [1.165, 1.54) is 0 Å². The molecule has 0 bridgehead atoms. The highest BCUT2D eigenvalue weighted by Gasteiger charge is 2.29. The number of hydrogen-bond donors (Lipinski definition) is 2. The standard InChI is InChI=1S/C16H20N4O3/c1-2-22-13-7-5-12(6-8-13)18-16(21)17-10-9-14-19-15(23-20-14)11-3-4-11/h5-8,11H,2-4,9-10H2,1H3,(H2,17,18,21). The number of nitrogens with one attached hydrogen (secondary N) is 2. The summed E-state index contributed by atoms with van der Waals surface area (Å²) in [6, 6.07) is 6.97. The van der Waals surface area contributed by atoms with E-state index in [9.17, 15) is 4.79 Å². The summed E-state index contributed by atoms with van der Waals surface area (Å²) in [6.07, 6.45) is 2.81. The van der Waals surface area contributed by atoms with Crippen LogP contribution in [0.3, 0.4) is 0 Å². The first kappa shape index (κ1) is 15.3. The summed E-state index contributed by atoms with van der Waals surface area (Å²) in [4.78, 5) is 16.1. The minimum Gasteiger partial charge on any atom is -0.494 e. The first-order chi connectivity index (χ1) is 11.2. The summed E-state index contributed by atoms with van der Waals surface area (Å²) in [6.45, 7) is 3.00. The molecule has 0 radical (unpaired) electrons. The number of amides is 2. The molecule has 2 amide bonds. The van der Waals surface area contributed by atoms with Crippen molar-refractivity contribution in [2.75, 3.05) is 18.5 Å². The van der Waals surface area contributed by atoms with E-state index in [0.29, 0.717) is 37.0 Å². The molecule has 1 aliphatic carbocycles. The maximum Gasteiger partial charge on any atom is 0.319 e. The van der Waals surface area contributed by atoms with Crippen molar-refractivity contribution in [1.82, 2.24) is 15.5 Å². The van der Waals surface area contributed by atoms with E-state index in [-0.39, 0.29) is 6.03 Å². The lowest BCUT2D eigenvalue weighted by Gasteiger charge is -2.08. The molecule has 23 heavy (non-hydrogen) atoms. The predicted molar refractivity (Wildman–Crippen MR) is 84.6 cm³/mol. The molecule has 0 unspecified atom stereocenters. The normalized spacial score (nSPS) is 13.6. The van der Waals surface area contributed by atoms with Crippen molar-refractivity contribution in [3.8, 4) is 5.75 Å². The fourth-order valence-corrected chi connectivity index (χ4v) is 2.13. The first-order valence-corrected chi connectivity index (χ1v) is 7.85. The Morgan fingerprint density at radius 3 is 2.83 bits per heavy atom. The quantitative estimate of drug-likeness (QED) is 0.820. The van der Waals surface area contributed by atoms with Crippen molar-refractivity contribution in [3.05, 3.63) is 36.0 Å². The van der Waals surface area contributed by atoms with Crippen LogP contribution in [0.15, 0.2) is 28.8 Å². The van der Waals surface area contributed by atoms with Crippen LogP contribution in [-0.2, 0) is 6.42 Å². The zero-order valence-electron chi connectivity index (χ0n) is 13.0. The Hall–Kier alpha value is -2.57. The van der Waals surface area contributed by atoms with Crippen LogP contribution in [-0.4, -0.2) is 29.3 Å². The lowest BCUT2D eigenvalue weighted by Crippen LogP contribution is -2.30. The lowest BCUT2D eigenvalue weighted by molar-refractivity contribution is 0.252. The van der Waals surface area contributed by atoms with Gasteiger partial charge in [0, 0.05) is 24.6 Å². The van der Waals surface area contributed by atoms with Gasteiger partial charge in [0.2, 0.25) is 5.89 Å². The molecular formula is C16H20N4O3. The number of rotatable bonds is 7. The van der Waals surface area contributed by atoms with Crippen LogP contribution in [0.5, 0.6) is 5.75 Å². The number of carbonyl (C=O) groups is 1. The van der Waals surface area contributed by atoms with E-state index >= 15 is 0 Å². The Kier molecular flexibility index (Phi) is 4.75. The number of carbonyl (C=O) groups excluding carboxylic acids is 1. The van der Waals surface area contributed by atoms with Gasteiger partial charge in [0.25, 0.3) is 0 Å². The lowest BCUT2D eigenvalue weighted by atomic mass is 10.3. The molecule has 1 saturated carbocycles. The Balaban J connectivity index is 1.40. The third-order valence-corrected chi connectivity index (χ3v) is 3.47. The van der Waals surface area contributed by atoms with Gasteiger partial charge in [0.1, 0.15) is 5.75 Å². The van der Waals surface area contributed by atoms with Gasteiger partial charge in [-0.25, -0.2) is 4.79 Å². The van der Waals surface area contributed by atoms with Crippen LogP contribution in [0, 0.1) is 0 Å². The number of ether oxygens (including phenoxy) is 1. The molecule has 3 rings (SSSR count). The van der Waals surface area contributed by atoms with Crippen LogP contribution < -0.4 is 15.4 Å². The number of aromatic nitrogens is 2. The minimum atomic E-state index is -0.264. The van der Waals surface area contributed by atoms with Crippen molar-refractivity contribution in [3.63, 3.8) is 0 Å². The molecule has 1 aromatic heterocycles. The number of urea groups is 1. The summed E-state index contributed by atoms with van der Waals surface area (Å²) in [5.41, 5.74) is 0.710. The van der Waals surface area contributed by atoms with Crippen LogP contribution in [0.4, 0.5) is 10.5 Å². The number of nitrogens with zero attached hydrogens (tertiary/aromatic N) is 2. The molecule has 2 aromatic rings. The first-order valence-electron chi connectivity index (χ1n) is 7.85. The van der Waals surface area contributed by atoms with Gasteiger partial charge in [0.15, 0.2) is 5.82 Å². The van der Waals surface area contributed by atoms with Gasteiger partial charge in [-0.1, -0.05) is 5.16 Å². The summed E-state index contributed by atoms with van der Waals surface area (Å²) in [5.74, 6) is 2.58. The minimum absolute atomic E-state index is 0.264. The summed E-state index contributed by atoms with van der Waals surface area (Å²) in [7, 11) is 0. The largest absolute Gasteiger partial charge is 0.494 e. The molecular weight excluding hydrogens is 296 g/mol. The fraction of sp³-hybridized carbons (Fsp3) is 0.438. The zero-order chi connectivity index (χ0) is 16.1. The average molecular weight is 316 g/mol. The Bertz CT molecular complexity index is 650. The number of hydrogen-bond acceptors (Lipinski definition) is 5. The summed E-state index contributed by atoms with van der Waals surface area (Å²) in [5, 5.41) is 9.45. The molecule has 1 heterocycles. The molecule has 0 saturated heterocycles. The monoisotopic (exact) mass is 316 g/mol. The molecule has 1 aliphatic rings. The van der Waals surface area contributed by atoms with Gasteiger partial charge in [-0.2, -0.15) is 4.98 Å². The van der Waals surface area contributed by atoms with Crippen molar-refractivity contribution in [1.29, 1.82) is 0 Å². The Morgan fingerprint density at radius 2 is 2.13 bits per heavy atom. The summed E-state index contributed by atoms with van der Waals surface area (Å²) < 4.78 is 10.5. The number of benzene rings is 1. The van der Waals surface area contributed by atoms with Crippen molar-refractivity contribution in [2.24, 2.45) is 0 Å². The average Bonchev–Trinajstić information content (AvgIpc) is 3.29. The topological polar surface area (TPSA) is 89.3 Å². The Morgan fingerprint density at radius 1 is 1.35 bits per heavy atom. The molecule has 2 N–H and O–H groups in total. The molecule has 1 fully saturated rings. The molecule has 122 valence electrons. The number of anilines is 1. The van der Waals surface area contributed by atoms with Gasteiger partial charge < -0.3 is 19.9 Å². The maximum atomic E-state index is 11.8. The van der Waals surface area contributed by atoms with Gasteiger partial charge in [0.05, 0.1) is 6.61 Å². The zero-order valence-corrected chi connectivity index (χ0v) is 13.0. The van der Waals surface area contributed by atoms with Crippen molar-refractivity contribution < 1.29 is 14.1 Å². The van der Waals surface area contributed by atoms with E-state index in [0.717, 1.165) is 24.5 Å². The van der Waals surface area contributed by atoms with E-state index in [2.05, 4.69) is 20.8 Å². The van der Waals surface area contributed by atoms with Crippen LogP contribution >= 0.6 is 0 Å². The van der Waals surface area contributed by atoms with Gasteiger partial charge >= 0.3 is 6.03 Å². The highest BCUT2D eigenvalue weighted by atomic mass is 16.5. The highest BCUT2D eigenvalue weighted by molar-refractivity contribution is 5.89. The third-order valence-electron chi connectivity index (χ3n) is 3.47. The fourth-order valence-electron chi connectivity index (χ4n) is 2.13. The highest BCUT2D eigenvalue weighted by Crippen LogP contribution is 2.38. The SMILES string of the molecule is CCOc1ccc(NC(=O)NCCc2noc(C3CC3)n2)cc1. The predicted octanol–water partition coefficient (Wildman–Crippen LogP) is 2.71. The molecule has 1 aromatic carbocycles. The van der Waals surface area contributed by atoms with E-state index in [1.54, 1.807) is 12.1 Å². The molecule has 0 aliphatic heterocycles. The second-order valence-electron chi connectivity index (χ2n) is 5.41. The van der Waals surface area contributed by atoms with Crippen molar-refractivity contribution in [2.45, 2.75) is 32.1 Å².